The van der Waals surface area contributed by atoms with Gasteiger partial charge in [0.05, 0.1) is 62.1 Å². The highest BCUT2D eigenvalue weighted by Gasteiger charge is 2.67. The topological polar surface area (TPSA) is 196 Å². The molecule has 2 aromatic carbocycles. The van der Waals surface area contributed by atoms with E-state index < -0.39 is 94.4 Å². The van der Waals surface area contributed by atoms with Crippen molar-refractivity contribution in [1.29, 1.82) is 0 Å². The van der Waals surface area contributed by atoms with Crippen molar-refractivity contribution in [3.8, 4) is 0 Å². The third-order valence-corrected chi connectivity index (χ3v) is 12.8. The van der Waals surface area contributed by atoms with Crippen molar-refractivity contribution in [3.63, 3.8) is 0 Å². The van der Waals surface area contributed by atoms with Gasteiger partial charge in [-0.25, -0.2) is 0 Å². The Kier molecular flexibility index (Phi) is 6.62. The van der Waals surface area contributed by atoms with E-state index in [1.165, 1.54) is 34.1 Å². The number of carbonyl (C=O) groups excluding carboxylic acids is 6. The molecule has 2 aliphatic carbocycles. The van der Waals surface area contributed by atoms with Gasteiger partial charge < -0.3 is 30.2 Å². The van der Waals surface area contributed by atoms with Crippen LogP contribution >= 0.6 is 0 Å². The molecule has 12 bridgehead atoms. The molecule has 0 spiro atoms. The number of aliphatic hydroxyl groups excluding tert-OH is 2. The van der Waals surface area contributed by atoms with Crippen LogP contribution < -0.4 is 0 Å². The first-order valence-corrected chi connectivity index (χ1v) is 17.1. The maximum absolute atomic E-state index is 13.9. The van der Waals surface area contributed by atoms with Gasteiger partial charge in [0, 0.05) is 36.1 Å². The molecule has 0 aromatic heterocycles. The summed E-state index contributed by atoms with van der Waals surface area (Å²) in [6.45, 7) is -0.688. The number of amides is 6. The zero-order chi connectivity index (χ0) is 35.0. The van der Waals surface area contributed by atoms with Crippen LogP contribution in [0.5, 0.6) is 0 Å². The number of carbonyl (C=O) groups is 6. The Hall–Kier alpha value is -4.50. The molecule has 4 N–H and O–H groups in total. The Morgan fingerprint density at radius 3 is 1.26 bits per heavy atom. The number of hydrogen-bond acceptors (Lipinski definition) is 10. The second-order valence-electron chi connectivity index (χ2n) is 15.3. The zero-order valence-electron chi connectivity index (χ0n) is 26.9. The fourth-order valence-electron chi connectivity index (χ4n) is 10.1. The highest BCUT2D eigenvalue weighted by molar-refractivity contribution is 6.06. The number of hydrogen-bond donors (Lipinski definition) is 4. The van der Waals surface area contributed by atoms with Gasteiger partial charge in [-0.3, -0.25) is 38.6 Å². The van der Waals surface area contributed by atoms with Crippen LogP contribution in [0.15, 0.2) is 48.5 Å². The first-order valence-electron chi connectivity index (χ1n) is 17.1. The number of imide groups is 2. The van der Waals surface area contributed by atoms with Gasteiger partial charge in [-0.1, -0.05) is 24.3 Å². The highest BCUT2D eigenvalue weighted by Crippen LogP contribution is 2.52. The van der Waals surface area contributed by atoms with E-state index in [0.29, 0.717) is 11.1 Å². The van der Waals surface area contributed by atoms with Gasteiger partial charge in [-0.05, 0) is 48.2 Å². The van der Waals surface area contributed by atoms with Gasteiger partial charge in [-0.2, -0.15) is 0 Å². The lowest BCUT2D eigenvalue weighted by Crippen LogP contribution is -2.58. The van der Waals surface area contributed by atoms with Crippen molar-refractivity contribution < 1.29 is 49.2 Å². The normalized spacial score (nSPS) is 39.2. The molecular formula is C36H36N4O10. The molecule has 12 rings (SSSR count). The fraction of sp³-hybridized carbons (Fsp3) is 0.500. The van der Waals surface area contributed by atoms with Crippen molar-refractivity contribution in [2.24, 2.45) is 35.5 Å². The molecule has 8 aliphatic heterocycles. The van der Waals surface area contributed by atoms with Crippen LogP contribution in [0.4, 0.5) is 0 Å². The molecule has 0 radical (unpaired) electrons. The molecule has 14 nitrogen and oxygen atoms in total. The van der Waals surface area contributed by atoms with E-state index in [-0.39, 0.29) is 63.2 Å². The van der Waals surface area contributed by atoms with Gasteiger partial charge in [0.1, 0.15) is 11.2 Å². The number of nitrogens with zero attached hydrogens (tertiary/aromatic N) is 4. The molecule has 260 valence electrons. The molecule has 2 aromatic rings. The monoisotopic (exact) mass is 684 g/mol. The van der Waals surface area contributed by atoms with Crippen LogP contribution in [0.2, 0.25) is 0 Å². The summed E-state index contributed by atoms with van der Waals surface area (Å²) in [5.74, 6) is -8.15. The molecule has 6 amide bonds. The lowest BCUT2D eigenvalue weighted by atomic mass is 9.65. The van der Waals surface area contributed by atoms with E-state index in [0.717, 1.165) is 9.80 Å². The lowest BCUT2D eigenvalue weighted by Gasteiger charge is -2.42. The summed E-state index contributed by atoms with van der Waals surface area (Å²) in [5.41, 5.74) is -1.97. The number of aliphatic hydroxyl groups is 4. The summed E-state index contributed by atoms with van der Waals surface area (Å²) in [4.78, 5) is 87.3. The molecule has 50 heavy (non-hydrogen) atoms. The Morgan fingerprint density at radius 2 is 0.900 bits per heavy atom. The Bertz CT molecular complexity index is 1750. The predicted molar refractivity (Wildman–Crippen MR) is 168 cm³/mol. The van der Waals surface area contributed by atoms with E-state index in [1.54, 1.807) is 24.3 Å². The predicted octanol–water partition coefficient (Wildman–Crippen LogP) is -1.26. The van der Waals surface area contributed by atoms with Gasteiger partial charge >= 0.3 is 0 Å². The van der Waals surface area contributed by atoms with Crippen LogP contribution in [0.1, 0.15) is 44.7 Å². The third kappa shape index (κ3) is 4.16. The molecule has 4 saturated heterocycles. The summed E-state index contributed by atoms with van der Waals surface area (Å²) in [6.07, 6.45) is -2.94. The minimum atomic E-state index is -1.80. The summed E-state index contributed by atoms with van der Waals surface area (Å²) in [5, 5.41) is 45.6. The summed E-state index contributed by atoms with van der Waals surface area (Å²) in [6, 6.07) is 12.6. The molecular weight excluding hydrogens is 648 g/mol. The van der Waals surface area contributed by atoms with E-state index in [2.05, 4.69) is 0 Å². The van der Waals surface area contributed by atoms with Gasteiger partial charge in [0.2, 0.25) is 23.6 Å². The average molecular weight is 685 g/mol. The molecule has 6 fully saturated rings. The van der Waals surface area contributed by atoms with E-state index in [9.17, 15) is 49.2 Å². The Morgan fingerprint density at radius 1 is 0.540 bits per heavy atom. The van der Waals surface area contributed by atoms with E-state index in [1.807, 2.05) is 0 Å². The van der Waals surface area contributed by atoms with E-state index >= 15 is 0 Å². The first-order chi connectivity index (χ1) is 23.8. The smallest absolute Gasteiger partial charge is 0.253 e. The molecule has 0 unspecified atom stereocenters. The van der Waals surface area contributed by atoms with Crippen LogP contribution in [0.25, 0.3) is 0 Å². The SMILES string of the molecule is O=C1c2ccc(cc2)C(=O)N2C[C@@H]3[C@@H]4C(=O)N(Cc5ccc(cc5)CN5C(=O)[C@H]6[C@H]7CN1C[C@@]7(O)[C@H](O)C[C@H]6C5=O)C(=O)[C@@H]4C[C@@H](O)[C@]3(O)C2. The second kappa shape index (κ2) is 10.5. The maximum Gasteiger partial charge on any atom is 0.253 e. The summed E-state index contributed by atoms with van der Waals surface area (Å²) >= 11 is 0. The number of benzene rings is 2. The first kappa shape index (κ1) is 31.5. The fourth-order valence-corrected chi connectivity index (χ4v) is 10.1. The molecule has 2 saturated carbocycles. The van der Waals surface area contributed by atoms with Crippen molar-refractivity contribution in [3.05, 3.63) is 70.8 Å². The molecule has 10 atom stereocenters. The zero-order valence-corrected chi connectivity index (χ0v) is 26.9. The van der Waals surface area contributed by atoms with Crippen LogP contribution in [0.3, 0.4) is 0 Å². The number of rotatable bonds is 0. The van der Waals surface area contributed by atoms with Gasteiger partial charge in [0.15, 0.2) is 0 Å². The highest BCUT2D eigenvalue weighted by atomic mass is 16.4. The molecule has 10 aliphatic rings. The minimum absolute atomic E-state index is 0.0536. The quantitative estimate of drug-likeness (QED) is 0.243. The standard InChI is InChI=1S/C36H36N4O10/c41-25-9-21-27-23-13-37(15-35(23,25)49)29(43)19-5-7-20(8-6-19)30(44)38-14-24-28-22(10-26(42)36(24,50)16-38)32(46)40(34(28)48)12-18-2-1-17(3-4-18)11-39(31(21)45)33(27)47/h1-8,21-28,41-42,49-50H,9-16H2/t21-,22-,23-,24-,25-,26-,27-,28-,35+,36+/m1/s1. The van der Waals surface area contributed by atoms with Crippen molar-refractivity contribution >= 4 is 35.4 Å². The maximum atomic E-state index is 13.9. The Balaban J connectivity index is 1.10. The largest absolute Gasteiger partial charge is 0.390 e. The minimum Gasteiger partial charge on any atom is -0.390 e. The Labute approximate surface area is 285 Å². The third-order valence-electron chi connectivity index (χ3n) is 12.8. The van der Waals surface area contributed by atoms with E-state index in [4.69, 9.17) is 0 Å². The lowest BCUT2D eigenvalue weighted by molar-refractivity contribution is -0.156. The van der Waals surface area contributed by atoms with Crippen molar-refractivity contribution in [1.82, 2.24) is 19.6 Å². The molecule has 14 heteroatoms. The average Bonchev–Trinajstić information content (AvgIpc) is 3.78. The van der Waals surface area contributed by atoms with Crippen LogP contribution in [-0.2, 0) is 32.3 Å². The second-order valence-corrected chi connectivity index (χ2v) is 15.3. The summed E-state index contributed by atoms with van der Waals surface area (Å²) in [7, 11) is 0. The molecule has 8 heterocycles. The van der Waals surface area contributed by atoms with Crippen molar-refractivity contribution in [2.45, 2.75) is 49.3 Å². The van der Waals surface area contributed by atoms with Crippen LogP contribution in [0, 0.1) is 35.5 Å². The van der Waals surface area contributed by atoms with Crippen LogP contribution in [-0.4, -0.2) is 125 Å². The van der Waals surface area contributed by atoms with Gasteiger partial charge in [-0.15, -0.1) is 0 Å². The van der Waals surface area contributed by atoms with Crippen molar-refractivity contribution in [2.75, 3.05) is 26.2 Å². The summed E-state index contributed by atoms with van der Waals surface area (Å²) < 4.78 is 0. The van der Waals surface area contributed by atoms with Gasteiger partial charge in [0.25, 0.3) is 11.8 Å².